The number of halogens is 2. The molecule has 0 atom stereocenters. The van der Waals surface area contributed by atoms with Crippen molar-refractivity contribution in [2.75, 3.05) is 6.54 Å². The Morgan fingerprint density at radius 3 is 2.14 bits per heavy atom. The second-order valence-electron chi connectivity index (χ2n) is 4.97. The van der Waals surface area contributed by atoms with E-state index in [4.69, 9.17) is 23.2 Å². The van der Waals surface area contributed by atoms with E-state index in [9.17, 15) is 9.59 Å². The number of rotatable bonds is 3. The quantitative estimate of drug-likeness (QED) is 0.786. The lowest BCUT2D eigenvalue weighted by Crippen LogP contribution is -2.31. The predicted octanol–water partition coefficient (Wildman–Crippen LogP) is 4.30. The fraction of sp³-hybridized carbons (Fsp3) is 0.0588. The van der Waals surface area contributed by atoms with Crippen LogP contribution in [-0.2, 0) is 0 Å². The van der Waals surface area contributed by atoms with Crippen molar-refractivity contribution in [1.82, 2.24) is 4.90 Å². The molecule has 0 N–H and O–H groups in total. The molecule has 5 heteroatoms. The molecule has 1 aliphatic heterocycles. The van der Waals surface area contributed by atoms with Gasteiger partial charge in [-0.05, 0) is 35.4 Å². The molecule has 0 aromatic heterocycles. The smallest absolute Gasteiger partial charge is 0.261 e. The number of benzene rings is 2. The van der Waals surface area contributed by atoms with Crippen molar-refractivity contribution in [3.05, 3.63) is 75.8 Å². The van der Waals surface area contributed by atoms with Crippen LogP contribution >= 0.6 is 23.2 Å². The predicted molar refractivity (Wildman–Crippen MR) is 87.3 cm³/mol. The normalized spacial score (nSPS) is 13.5. The number of amides is 2. The van der Waals surface area contributed by atoms with Crippen LogP contribution in [0.2, 0.25) is 10.0 Å². The van der Waals surface area contributed by atoms with Crippen molar-refractivity contribution in [2.45, 2.75) is 0 Å². The Morgan fingerprint density at radius 2 is 1.59 bits per heavy atom. The number of nitrogens with zero attached hydrogens (tertiary/aromatic N) is 1. The van der Waals surface area contributed by atoms with E-state index < -0.39 is 0 Å². The lowest BCUT2D eigenvalue weighted by molar-refractivity contribution is 0.0675. The van der Waals surface area contributed by atoms with Crippen LogP contribution in [0.25, 0.3) is 5.57 Å². The van der Waals surface area contributed by atoms with Gasteiger partial charge in [-0.2, -0.15) is 0 Å². The van der Waals surface area contributed by atoms with Crippen LogP contribution < -0.4 is 0 Å². The van der Waals surface area contributed by atoms with Gasteiger partial charge in [0.15, 0.2) is 0 Å². The third-order valence-electron chi connectivity index (χ3n) is 3.54. The second kappa shape index (κ2) is 5.59. The van der Waals surface area contributed by atoms with Gasteiger partial charge in [-0.15, -0.1) is 0 Å². The van der Waals surface area contributed by atoms with Gasteiger partial charge in [-0.3, -0.25) is 14.5 Å². The van der Waals surface area contributed by atoms with Gasteiger partial charge in [0, 0.05) is 10.0 Å². The van der Waals surface area contributed by atoms with Gasteiger partial charge in [0.25, 0.3) is 11.8 Å². The fourth-order valence-corrected chi connectivity index (χ4v) is 2.98. The Morgan fingerprint density at radius 1 is 1.00 bits per heavy atom. The number of hydrogen-bond acceptors (Lipinski definition) is 2. The van der Waals surface area contributed by atoms with E-state index in [2.05, 4.69) is 6.58 Å². The number of imide groups is 1. The molecule has 0 unspecified atom stereocenters. The first-order valence-electron chi connectivity index (χ1n) is 6.57. The van der Waals surface area contributed by atoms with Gasteiger partial charge in [0.2, 0.25) is 0 Å². The maximum absolute atomic E-state index is 12.3. The van der Waals surface area contributed by atoms with Crippen molar-refractivity contribution in [3.63, 3.8) is 0 Å². The Hall–Kier alpha value is -2.10. The van der Waals surface area contributed by atoms with Crippen LogP contribution in [-0.4, -0.2) is 23.3 Å². The van der Waals surface area contributed by atoms with Crippen LogP contribution in [0.15, 0.2) is 49.0 Å². The fourth-order valence-electron chi connectivity index (χ4n) is 2.43. The molecular formula is C17H11Cl2NO2. The van der Waals surface area contributed by atoms with Crippen LogP contribution in [0, 0.1) is 0 Å². The van der Waals surface area contributed by atoms with Crippen LogP contribution in [0.4, 0.5) is 0 Å². The maximum Gasteiger partial charge on any atom is 0.261 e. The molecule has 1 aliphatic rings. The second-order valence-corrected chi connectivity index (χ2v) is 5.81. The molecule has 110 valence electrons. The highest BCUT2D eigenvalue weighted by molar-refractivity contribution is 6.35. The van der Waals surface area contributed by atoms with E-state index in [-0.39, 0.29) is 18.4 Å². The Labute approximate surface area is 137 Å². The molecule has 22 heavy (non-hydrogen) atoms. The molecule has 2 aromatic rings. The first-order chi connectivity index (χ1) is 10.5. The SMILES string of the molecule is C=C(CN1C(=O)c2ccccc2C1=O)c1ccc(Cl)cc1Cl. The minimum absolute atomic E-state index is 0.0910. The van der Waals surface area contributed by atoms with Crippen molar-refractivity contribution in [3.8, 4) is 0 Å². The summed E-state index contributed by atoms with van der Waals surface area (Å²) in [7, 11) is 0. The molecular weight excluding hydrogens is 321 g/mol. The zero-order valence-electron chi connectivity index (χ0n) is 11.5. The molecule has 0 radical (unpaired) electrons. The van der Waals surface area contributed by atoms with Crippen molar-refractivity contribution in [1.29, 1.82) is 0 Å². The van der Waals surface area contributed by atoms with E-state index in [1.54, 1.807) is 42.5 Å². The highest BCUT2D eigenvalue weighted by Crippen LogP contribution is 2.29. The molecule has 0 spiro atoms. The van der Waals surface area contributed by atoms with Crippen molar-refractivity contribution < 1.29 is 9.59 Å². The van der Waals surface area contributed by atoms with Crippen LogP contribution in [0.3, 0.4) is 0 Å². The summed E-state index contributed by atoms with van der Waals surface area (Å²) >= 11 is 12.0. The third-order valence-corrected chi connectivity index (χ3v) is 4.09. The zero-order valence-corrected chi connectivity index (χ0v) is 13.0. The molecule has 2 amide bonds. The summed E-state index contributed by atoms with van der Waals surface area (Å²) in [6.45, 7) is 4.03. The monoisotopic (exact) mass is 331 g/mol. The Balaban J connectivity index is 1.87. The molecule has 3 nitrogen and oxygen atoms in total. The minimum Gasteiger partial charge on any atom is -0.270 e. The summed E-state index contributed by atoms with van der Waals surface area (Å²) in [5, 5.41) is 0.955. The first kappa shape index (κ1) is 14.8. The Kier molecular flexibility index (Phi) is 3.77. The molecule has 0 aliphatic carbocycles. The summed E-state index contributed by atoms with van der Waals surface area (Å²) in [5.41, 5.74) is 2.09. The lowest BCUT2D eigenvalue weighted by Gasteiger charge is -2.16. The molecule has 1 heterocycles. The molecule has 3 rings (SSSR count). The van der Waals surface area contributed by atoms with Gasteiger partial charge >= 0.3 is 0 Å². The maximum atomic E-state index is 12.3. The first-order valence-corrected chi connectivity index (χ1v) is 7.33. The van der Waals surface area contributed by atoms with Gasteiger partial charge in [-0.25, -0.2) is 0 Å². The third kappa shape index (κ3) is 2.43. The average Bonchev–Trinajstić information content (AvgIpc) is 2.73. The highest BCUT2D eigenvalue weighted by Gasteiger charge is 2.35. The summed E-state index contributed by atoms with van der Waals surface area (Å²) < 4.78 is 0. The van der Waals surface area contributed by atoms with Crippen molar-refractivity contribution in [2.24, 2.45) is 0 Å². The number of hydrogen-bond donors (Lipinski definition) is 0. The van der Waals surface area contributed by atoms with Gasteiger partial charge in [0.1, 0.15) is 0 Å². The number of carbonyl (C=O) groups excluding carboxylic acids is 2. The summed E-state index contributed by atoms with van der Waals surface area (Å²) in [6.07, 6.45) is 0. The number of fused-ring (bicyclic) bond motifs is 1. The van der Waals surface area contributed by atoms with Gasteiger partial charge in [-0.1, -0.05) is 48.0 Å². The van der Waals surface area contributed by atoms with Crippen LogP contribution in [0.1, 0.15) is 26.3 Å². The van der Waals surface area contributed by atoms with Crippen LogP contribution in [0.5, 0.6) is 0 Å². The topological polar surface area (TPSA) is 37.4 Å². The molecule has 0 bridgehead atoms. The van der Waals surface area contributed by atoms with E-state index in [0.29, 0.717) is 32.3 Å². The molecule has 0 fully saturated rings. The van der Waals surface area contributed by atoms with E-state index in [1.165, 1.54) is 4.90 Å². The highest BCUT2D eigenvalue weighted by atomic mass is 35.5. The average molecular weight is 332 g/mol. The van der Waals surface area contributed by atoms with E-state index in [1.807, 2.05) is 0 Å². The summed E-state index contributed by atoms with van der Waals surface area (Å²) in [5.74, 6) is -0.626. The Bertz CT molecular complexity index is 779. The van der Waals surface area contributed by atoms with E-state index >= 15 is 0 Å². The molecule has 2 aromatic carbocycles. The summed E-state index contributed by atoms with van der Waals surface area (Å²) in [4.78, 5) is 25.8. The van der Waals surface area contributed by atoms with Gasteiger partial charge in [0.05, 0.1) is 17.7 Å². The standard InChI is InChI=1S/C17H11Cl2NO2/c1-10(12-7-6-11(18)8-15(12)19)9-20-16(21)13-4-2-3-5-14(13)17(20)22/h2-8H,1,9H2. The minimum atomic E-state index is -0.313. The number of carbonyl (C=O) groups is 2. The zero-order chi connectivity index (χ0) is 15.9. The molecule has 0 saturated carbocycles. The van der Waals surface area contributed by atoms with Gasteiger partial charge < -0.3 is 0 Å². The van der Waals surface area contributed by atoms with Crippen molar-refractivity contribution >= 4 is 40.6 Å². The summed E-state index contributed by atoms with van der Waals surface area (Å²) in [6, 6.07) is 11.8. The lowest BCUT2D eigenvalue weighted by atomic mass is 10.1. The largest absolute Gasteiger partial charge is 0.270 e. The van der Waals surface area contributed by atoms with E-state index in [0.717, 1.165) is 0 Å². The molecule has 0 saturated heterocycles.